The predicted octanol–water partition coefficient (Wildman–Crippen LogP) is -0.312. The van der Waals surface area contributed by atoms with Crippen molar-refractivity contribution < 1.29 is 14.6 Å². The molecule has 2 N–H and O–H groups in total. The molecule has 70 valence electrons. The van der Waals surface area contributed by atoms with E-state index in [2.05, 4.69) is 10.1 Å². The summed E-state index contributed by atoms with van der Waals surface area (Å²) >= 11 is 0. The number of carbonyl (C=O) groups excluding carboxylic acids is 1. The summed E-state index contributed by atoms with van der Waals surface area (Å²) in [6.07, 6.45) is 3.03. The highest BCUT2D eigenvalue weighted by molar-refractivity contribution is 5.81. The van der Waals surface area contributed by atoms with Crippen molar-refractivity contribution in [2.75, 3.05) is 26.3 Å². The highest BCUT2D eigenvalue weighted by Crippen LogP contribution is 1.79. The van der Waals surface area contributed by atoms with E-state index in [9.17, 15) is 4.79 Å². The molecule has 0 aromatic carbocycles. The minimum atomic E-state index is -0.330. The van der Waals surface area contributed by atoms with E-state index in [1.54, 1.807) is 13.0 Å². The first-order valence-corrected chi connectivity index (χ1v) is 3.96. The highest BCUT2D eigenvalue weighted by atomic mass is 16.5. The van der Waals surface area contributed by atoms with Crippen LogP contribution in [-0.4, -0.2) is 37.4 Å². The molecule has 0 fully saturated rings. The minimum Gasteiger partial charge on any atom is -0.463 e. The second-order valence-electron chi connectivity index (χ2n) is 2.08. The summed E-state index contributed by atoms with van der Waals surface area (Å²) in [4.78, 5) is 10.7. The van der Waals surface area contributed by atoms with Gasteiger partial charge in [-0.1, -0.05) is 6.08 Å². The monoisotopic (exact) mass is 173 g/mol. The third-order valence-corrected chi connectivity index (χ3v) is 1.09. The second kappa shape index (κ2) is 8.23. The topological polar surface area (TPSA) is 58.6 Å². The zero-order chi connectivity index (χ0) is 9.23. The number of ether oxygens (including phenoxy) is 1. The second-order valence-corrected chi connectivity index (χ2v) is 2.08. The van der Waals surface area contributed by atoms with E-state index in [0.29, 0.717) is 19.7 Å². The molecule has 0 aromatic heterocycles. The molecule has 0 aliphatic heterocycles. The average molecular weight is 173 g/mol. The van der Waals surface area contributed by atoms with Crippen LogP contribution in [0.1, 0.15) is 6.92 Å². The molecule has 0 aliphatic carbocycles. The van der Waals surface area contributed by atoms with Gasteiger partial charge < -0.3 is 15.2 Å². The maximum Gasteiger partial charge on any atom is 0.330 e. The van der Waals surface area contributed by atoms with Crippen molar-refractivity contribution in [3.8, 4) is 0 Å². The van der Waals surface area contributed by atoms with Gasteiger partial charge in [0.05, 0.1) is 13.2 Å². The van der Waals surface area contributed by atoms with Gasteiger partial charge in [-0.15, -0.1) is 0 Å². The first-order chi connectivity index (χ1) is 5.81. The molecule has 0 saturated heterocycles. The van der Waals surface area contributed by atoms with Gasteiger partial charge in [-0.05, 0) is 6.92 Å². The highest BCUT2D eigenvalue weighted by Gasteiger charge is 1.90. The maximum absolute atomic E-state index is 10.7. The van der Waals surface area contributed by atoms with Crippen LogP contribution in [0, 0.1) is 0 Å². The van der Waals surface area contributed by atoms with Gasteiger partial charge in [0.25, 0.3) is 0 Å². The Hall–Kier alpha value is -0.870. The van der Waals surface area contributed by atoms with Gasteiger partial charge in [0.1, 0.15) is 0 Å². The number of esters is 1. The fourth-order valence-electron chi connectivity index (χ4n) is 0.610. The van der Waals surface area contributed by atoms with E-state index < -0.39 is 0 Å². The maximum atomic E-state index is 10.7. The number of nitrogens with one attached hydrogen (secondary N) is 1. The SMILES string of the molecule is CCOC(=O)/C=C/CNCCO. The Kier molecular flexibility index (Phi) is 7.63. The molecular formula is C8H15NO3. The molecule has 0 atom stereocenters. The van der Waals surface area contributed by atoms with E-state index in [4.69, 9.17) is 5.11 Å². The van der Waals surface area contributed by atoms with Crippen LogP contribution in [0.2, 0.25) is 0 Å². The van der Waals surface area contributed by atoms with Crippen molar-refractivity contribution in [3.63, 3.8) is 0 Å². The first-order valence-electron chi connectivity index (χ1n) is 3.96. The average Bonchev–Trinajstić information content (AvgIpc) is 2.05. The zero-order valence-corrected chi connectivity index (χ0v) is 7.25. The molecular weight excluding hydrogens is 158 g/mol. The third kappa shape index (κ3) is 7.24. The van der Waals surface area contributed by atoms with Crippen molar-refractivity contribution in [1.82, 2.24) is 5.32 Å². The number of rotatable bonds is 6. The van der Waals surface area contributed by atoms with Crippen molar-refractivity contribution in [2.45, 2.75) is 6.92 Å². The van der Waals surface area contributed by atoms with E-state index in [1.165, 1.54) is 6.08 Å². The number of hydrogen-bond donors (Lipinski definition) is 2. The molecule has 4 heteroatoms. The molecule has 0 aromatic rings. The molecule has 0 aliphatic rings. The van der Waals surface area contributed by atoms with Gasteiger partial charge in [0.2, 0.25) is 0 Å². The summed E-state index contributed by atoms with van der Waals surface area (Å²) in [5, 5.41) is 11.3. The number of hydrogen-bond acceptors (Lipinski definition) is 4. The Bertz CT molecular complexity index is 145. The standard InChI is InChI=1S/C8H15NO3/c1-2-12-8(11)4-3-5-9-6-7-10/h3-4,9-10H,2,5-7H2,1H3/b4-3+. The van der Waals surface area contributed by atoms with Gasteiger partial charge in [0.15, 0.2) is 0 Å². The van der Waals surface area contributed by atoms with Gasteiger partial charge >= 0.3 is 5.97 Å². The van der Waals surface area contributed by atoms with E-state index in [0.717, 1.165) is 0 Å². The van der Waals surface area contributed by atoms with Gasteiger partial charge in [-0.3, -0.25) is 0 Å². The lowest BCUT2D eigenvalue weighted by Crippen LogP contribution is -2.18. The molecule has 0 rings (SSSR count). The lowest BCUT2D eigenvalue weighted by molar-refractivity contribution is -0.137. The Morgan fingerprint density at radius 3 is 3.00 bits per heavy atom. The van der Waals surface area contributed by atoms with Gasteiger partial charge in [0, 0.05) is 19.2 Å². The lowest BCUT2D eigenvalue weighted by atomic mass is 10.5. The van der Waals surface area contributed by atoms with E-state index in [-0.39, 0.29) is 12.6 Å². The summed E-state index contributed by atoms with van der Waals surface area (Å²) in [5.74, 6) is -0.330. The number of carbonyl (C=O) groups is 1. The Labute approximate surface area is 72.2 Å². The van der Waals surface area contributed by atoms with Crippen LogP contribution in [0.4, 0.5) is 0 Å². The van der Waals surface area contributed by atoms with Crippen LogP contribution in [0.5, 0.6) is 0 Å². The van der Waals surface area contributed by atoms with E-state index >= 15 is 0 Å². The molecule has 12 heavy (non-hydrogen) atoms. The van der Waals surface area contributed by atoms with Crippen LogP contribution in [0.25, 0.3) is 0 Å². The first kappa shape index (κ1) is 11.1. The molecule has 0 unspecified atom stereocenters. The molecule has 0 spiro atoms. The van der Waals surface area contributed by atoms with Crippen molar-refractivity contribution >= 4 is 5.97 Å². The Morgan fingerprint density at radius 1 is 1.67 bits per heavy atom. The van der Waals surface area contributed by atoms with Crippen LogP contribution in [0.3, 0.4) is 0 Å². The molecule has 0 bridgehead atoms. The molecule has 0 saturated carbocycles. The number of aliphatic hydroxyl groups is 1. The van der Waals surface area contributed by atoms with Crippen molar-refractivity contribution in [3.05, 3.63) is 12.2 Å². The van der Waals surface area contributed by atoms with Gasteiger partial charge in [-0.2, -0.15) is 0 Å². The smallest absolute Gasteiger partial charge is 0.330 e. The third-order valence-electron chi connectivity index (χ3n) is 1.09. The molecule has 0 radical (unpaired) electrons. The number of aliphatic hydroxyl groups excluding tert-OH is 1. The predicted molar refractivity (Wildman–Crippen MR) is 45.7 cm³/mol. The van der Waals surface area contributed by atoms with Crippen LogP contribution >= 0.6 is 0 Å². The summed E-state index contributed by atoms with van der Waals surface area (Å²) in [5.41, 5.74) is 0. The van der Waals surface area contributed by atoms with Crippen LogP contribution in [0.15, 0.2) is 12.2 Å². The summed E-state index contributed by atoms with van der Waals surface area (Å²) in [6, 6.07) is 0. The van der Waals surface area contributed by atoms with E-state index in [1.807, 2.05) is 0 Å². The summed E-state index contributed by atoms with van der Waals surface area (Å²) in [6.45, 7) is 3.36. The van der Waals surface area contributed by atoms with Crippen LogP contribution < -0.4 is 5.32 Å². The largest absolute Gasteiger partial charge is 0.463 e. The normalized spacial score (nSPS) is 10.5. The summed E-state index contributed by atoms with van der Waals surface area (Å²) in [7, 11) is 0. The van der Waals surface area contributed by atoms with Crippen LogP contribution in [-0.2, 0) is 9.53 Å². The minimum absolute atomic E-state index is 0.104. The Balaban J connectivity index is 3.29. The fraction of sp³-hybridized carbons (Fsp3) is 0.625. The summed E-state index contributed by atoms with van der Waals surface area (Å²) < 4.78 is 4.65. The van der Waals surface area contributed by atoms with Gasteiger partial charge in [-0.25, -0.2) is 4.79 Å². The van der Waals surface area contributed by atoms with Crippen molar-refractivity contribution in [2.24, 2.45) is 0 Å². The lowest BCUT2D eigenvalue weighted by Gasteiger charge is -1.96. The zero-order valence-electron chi connectivity index (χ0n) is 7.25. The van der Waals surface area contributed by atoms with Crippen molar-refractivity contribution in [1.29, 1.82) is 0 Å². The fourth-order valence-corrected chi connectivity index (χ4v) is 0.610. The Morgan fingerprint density at radius 2 is 2.42 bits per heavy atom. The molecule has 4 nitrogen and oxygen atoms in total. The molecule has 0 heterocycles. The quantitative estimate of drug-likeness (QED) is 0.328. The molecule has 0 amide bonds.